The van der Waals surface area contributed by atoms with Crippen LogP contribution in [-0.2, 0) is 11.2 Å². The van der Waals surface area contributed by atoms with Gasteiger partial charge in [0, 0.05) is 69.3 Å². The first-order chi connectivity index (χ1) is 17.1. The van der Waals surface area contributed by atoms with Gasteiger partial charge in [-0.1, -0.05) is 6.92 Å². The first-order valence-electron chi connectivity index (χ1n) is 13.0. The standard InChI is InChI=1S/C26H36BrN7O/c1-2-19-16-20(34-15-14-32-11-3-6-21(32)18-34)8-9-23(19)30-26-29-17-22(27)25(31-26)28-10-5-13-33-12-4-7-24(33)35/h8-9,16-17,21H,2-7,10-15,18H2,1H3,(H2,28,29,30,31). The summed E-state index contributed by atoms with van der Waals surface area (Å²) >= 11 is 3.56. The highest BCUT2D eigenvalue weighted by Gasteiger charge is 2.30. The Kier molecular flexibility index (Phi) is 7.72. The summed E-state index contributed by atoms with van der Waals surface area (Å²) in [4.78, 5) is 28.1. The maximum absolute atomic E-state index is 11.8. The van der Waals surface area contributed by atoms with E-state index in [1.54, 1.807) is 6.20 Å². The number of carbonyl (C=O) groups excluding carboxylic acids is 1. The highest BCUT2D eigenvalue weighted by Crippen LogP contribution is 2.30. The minimum atomic E-state index is 0.276. The van der Waals surface area contributed by atoms with Gasteiger partial charge in [0.25, 0.3) is 0 Å². The number of nitrogens with zero attached hydrogens (tertiary/aromatic N) is 5. The molecule has 1 atom stereocenters. The number of anilines is 4. The first kappa shape index (κ1) is 24.3. The number of carbonyl (C=O) groups is 1. The Morgan fingerprint density at radius 1 is 1.17 bits per heavy atom. The fraction of sp³-hybridized carbons (Fsp3) is 0.577. The van der Waals surface area contributed by atoms with Crippen LogP contribution in [-0.4, -0.2) is 77.5 Å². The Labute approximate surface area is 216 Å². The van der Waals surface area contributed by atoms with Gasteiger partial charge in [0.2, 0.25) is 11.9 Å². The summed E-state index contributed by atoms with van der Waals surface area (Å²) in [5.41, 5.74) is 3.64. The van der Waals surface area contributed by atoms with E-state index in [0.29, 0.717) is 18.4 Å². The van der Waals surface area contributed by atoms with Gasteiger partial charge in [0.05, 0.1) is 4.47 Å². The third-order valence-corrected chi connectivity index (χ3v) is 8.06. The number of aromatic nitrogens is 2. The van der Waals surface area contributed by atoms with Crippen LogP contribution in [0.5, 0.6) is 0 Å². The Balaban J connectivity index is 1.21. The number of hydrogen-bond acceptors (Lipinski definition) is 7. The van der Waals surface area contributed by atoms with E-state index < -0.39 is 0 Å². The van der Waals surface area contributed by atoms with Crippen LogP contribution in [0.2, 0.25) is 0 Å². The number of aryl methyl sites for hydroxylation is 1. The van der Waals surface area contributed by atoms with E-state index in [4.69, 9.17) is 4.98 Å². The van der Waals surface area contributed by atoms with Gasteiger partial charge in [-0.15, -0.1) is 0 Å². The lowest BCUT2D eigenvalue weighted by Gasteiger charge is -2.39. The number of nitrogens with one attached hydrogen (secondary N) is 2. The van der Waals surface area contributed by atoms with Gasteiger partial charge in [-0.05, 0) is 78.3 Å². The van der Waals surface area contributed by atoms with Crippen LogP contribution >= 0.6 is 15.9 Å². The molecule has 1 amide bonds. The van der Waals surface area contributed by atoms with Crippen LogP contribution in [0.1, 0.15) is 44.6 Å². The molecule has 0 saturated carbocycles. The molecule has 9 heteroatoms. The number of halogens is 1. The molecule has 0 bridgehead atoms. The Bertz CT molecular complexity index is 1050. The second-order valence-electron chi connectivity index (χ2n) is 9.75. The third-order valence-electron chi connectivity index (χ3n) is 7.48. The maximum Gasteiger partial charge on any atom is 0.229 e. The molecule has 0 aliphatic carbocycles. The number of piperazine rings is 1. The highest BCUT2D eigenvalue weighted by molar-refractivity contribution is 9.10. The molecular formula is C26H36BrN7O. The van der Waals surface area contributed by atoms with E-state index in [-0.39, 0.29) is 5.91 Å². The van der Waals surface area contributed by atoms with Crippen molar-refractivity contribution in [3.05, 3.63) is 34.4 Å². The number of rotatable bonds is 9. The molecule has 0 spiro atoms. The molecular weight excluding hydrogens is 506 g/mol. The fourth-order valence-electron chi connectivity index (χ4n) is 5.51. The normalized spacial score (nSPS) is 20.4. The molecule has 35 heavy (non-hydrogen) atoms. The molecule has 1 aromatic heterocycles. The van der Waals surface area contributed by atoms with Crippen LogP contribution in [0.25, 0.3) is 0 Å². The monoisotopic (exact) mass is 541 g/mol. The number of benzene rings is 1. The number of likely N-dealkylation sites (tertiary alicyclic amines) is 1. The quantitative estimate of drug-likeness (QED) is 0.459. The lowest BCUT2D eigenvalue weighted by molar-refractivity contribution is -0.127. The van der Waals surface area contributed by atoms with Crippen LogP contribution in [0.3, 0.4) is 0 Å². The zero-order valence-electron chi connectivity index (χ0n) is 20.6. The summed E-state index contributed by atoms with van der Waals surface area (Å²) in [5, 5.41) is 6.83. The van der Waals surface area contributed by atoms with Crippen molar-refractivity contribution in [1.29, 1.82) is 0 Å². The van der Waals surface area contributed by atoms with Gasteiger partial charge in [-0.2, -0.15) is 4.98 Å². The molecule has 3 fully saturated rings. The Morgan fingerprint density at radius 2 is 2.09 bits per heavy atom. The maximum atomic E-state index is 11.8. The van der Waals surface area contributed by atoms with Crippen molar-refractivity contribution in [1.82, 2.24) is 19.8 Å². The van der Waals surface area contributed by atoms with Crippen LogP contribution in [0.4, 0.5) is 23.1 Å². The largest absolute Gasteiger partial charge is 0.369 e. The topological polar surface area (TPSA) is 76.6 Å². The summed E-state index contributed by atoms with van der Waals surface area (Å²) < 4.78 is 0.831. The van der Waals surface area contributed by atoms with E-state index in [2.05, 4.69) is 66.5 Å². The van der Waals surface area contributed by atoms with Gasteiger partial charge in [0.15, 0.2) is 0 Å². The minimum absolute atomic E-state index is 0.276. The van der Waals surface area contributed by atoms with E-state index in [1.165, 1.54) is 37.2 Å². The number of hydrogen-bond donors (Lipinski definition) is 2. The van der Waals surface area contributed by atoms with Gasteiger partial charge in [0.1, 0.15) is 5.82 Å². The van der Waals surface area contributed by atoms with Crippen molar-refractivity contribution in [3.63, 3.8) is 0 Å². The zero-order valence-corrected chi connectivity index (χ0v) is 22.2. The predicted octanol–water partition coefficient (Wildman–Crippen LogP) is 4.25. The summed E-state index contributed by atoms with van der Waals surface area (Å²) in [6.45, 7) is 9.30. The molecule has 3 saturated heterocycles. The second kappa shape index (κ2) is 11.1. The average Bonchev–Trinajstić information content (AvgIpc) is 3.52. The van der Waals surface area contributed by atoms with E-state index in [0.717, 1.165) is 68.0 Å². The number of amides is 1. The molecule has 0 radical (unpaired) electrons. The third kappa shape index (κ3) is 5.72. The van der Waals surface area contributed by atoms with Crippen molar-refractivity contribution < 1.29 is 4.79 Å². The molecule has 3 aliphatic rings. The molecule has 5 rings (SSSR count). The Morgan fingerprint density at radius 3 is 2.91 bits per heavy atom. The van der Waals surface area contributed by atoms with Gasteiger partial charge < -0.3 is 20.4 Å². The van der Waals surface area contributed by atoms with Crippen molar-refractivity contribution >= 4 is 45.0 Å². The van der Waals surface area contributed by atoms with Crippen LogP contribution in [0, 0.1) is 0 Å². The fourth-order valence-corrected chi connectivity index (χ4v) is 5.84. The summed E-state index contributed by atoms with van der Waals surface area (Å²) in [6, 6.07) is 7.43. The van der Waals surface area contributed by atoms with Gasteiger partial charge >= 0.3 is 0 Å². The summed E-state index contributed by atoms with van der Waals surface area (Å²) in [5.74, 6) is 1.62. The second-order valence-corrected chi connectivity index (χ2v) is 10.6. The molecule has 1 unspecified atom stereocenters. The SMILES string of the molecule is CCc1cc(N2CCN3CCCC3C2)ccc1Nc1ncc(Br)c(NCCCN2CCCC2=O)n1. The van der Waals surface area contributed by atoms with E-state index in [9.17, 15) is 4.79 Å². The van der Waals surface area contributed by atoms with Crippen molar-refractivity contribution in [2.24, 2.45) is 0 Å². The van der Waals surface area contributed by atoms with Crippen molar-refractivity contribution in [2.75, 3.05) is 61.3 Å². The van der Waals surface area contributed by atoms with Gasteiger partial charge in [-0.25, -0.2) is 4.98 Å². The zero-order chi connectivity index (χ0) is 24.2. The summed E-state index contributed by atoms with van der Waals surface area (Å²) in [6.07, 6.45) is 7.95. The highest BCUT2D eigenvalue weighted by atomic mass is 79.9. The molecule has 188 valence electrons. The lowest BCUT2D eigenvalue weighted by atomic mass is 10.1. The Hall–Kier alpha value is -2.39. The minimum Gasteiger partial charge on any atom is -0.369 e. The molecule has 1 aromatic carbocycles. The van der Waals surface area contributed by atoms with Crippen molar-refractivity contribution in [3.8, 4) is 0 Å². The lowest BCUT2D eigenvalue weighted by Crippen LogP contribution is -2.50. The predicted molar refractivity (Wildman–Crippen MR) is 145 cm³/mol. The van der Waals surface area contributed by atoms with E-state index in [1.807, 2.05) is 4.90 Å². The molecule has 2 N–H and O–H groups in total. The smallest absolute Gasteiger partial charge is 0.229 e. The molecule has 4 heterocycles. The van der Waals surface area contributed by atoms with Crippen LogP contribution in [0.15, 0.2) is 28.9 Å². The molecule has 2 aromatic rings. The van der Waals surface area contributed by atoms with E-state index >= 15 is 0 Å². The van der Waals surface area contributed by atoms with Crippen LogP contribution < -0.4 is 15.5 Å². The molecule has 8 nitrogen and oxygen atoms in total. The average molecular weight is 543 g/mol. The van der Waals surface area contributed by atoms with Gasteiger partial charge in [-0.3, -0.25) is 9.69 Å². The van der Waals surface area contributed by atoms with Crippen molar-refractivity contribution in [2.45, 2.75) is 51.5 Å². The number of fused-ring (bicyclic) bond motifs is 1. The summed E-state index contributed by atoms with van der Waals surface area (Å²) in [7, 11) is 0. The molecule has 3 aliphatic heterocycles. The first-order valence-corrected chi connectivity index (χ1v) is 13.8.